The van der Waals surface area contributed by atoms with Crippen molar-refractivity contribution in [3.05, 3.63) is 146 Å². The van der Waals surface area contributed by atoms with E-state index in [1.54, 1.807) is 0 Å². The number of furan rings is 1. The van der Waals surface area contributed by atoms with Crippen LogP contribution in [0.5, 0.6) is 0 Å². The molecule has 0 aliphatic heterocycles. The van der Waals surface area contributed by atoms with Gasteiger partial charge in [-0.15, -0.1) is 0 Å². The van der Waals surface area contributed by atoms with Crippen LogP contribution in [0.3, 0.4) is 0 Å². The number of aromatic nitrogens is 2. The summed E-state index contributed by atoms with van der Waals surface area (Å²) in [6.45, 7) is 0. The molecule has 0 fully saturated rings. The first kappa shape index (κ1) is 22.3. The molecular weight excluding hydrogens is 500 g/mol. The zero-order valence-corrected chi connectivity index (χ0v) is 22.2. The van der Waals surface area contributed by atoms with E-state index in [0.29, 0.717) is 0 Å². The van der Waals surface area contributed by atoms with E-state index in [4.69, 9.17) is 4.42 Å². The van der Waals surface area contributed by atoms with Gasteiger partial charge in [0.15, 0.2) is 0 Å². The maximum absolute atomic E-state index is 6.48. The molecule has 0 saturated carbocycles. The zero-order chi connectivity index (χ0) is 26.9. The lowest BCUT2D eigenvalue weighted by Gasteiger charge is -2.09. The number of fused-ring (bicyclic) bond motifs is 8. The Kier molecular flexibility index (Phi) is 4.61. The van der Waals surface area contributed by atoms with Crippen LogP contribution in [0, 0.1) is 0 Å². The van der Waals surface area contributed by atoms with Crippen LogP contribution in [0.2, 0.25) is 0 Å². The van der Waals surface area contributed by atoms with E-state index in [1.165, 1.54) is 44.0 Å². The third-order valence-corrected chi connectivity index (χ3v) is 8.32. The lowest BCUT2D eigenvalue weighted by molar-refractivity contribution is 0.645. The molecule has 41 heavy (non-hydrogen) atoms. The van der Waals surface area contributed by atoms with Crippen molar-refractivity contribution in [3.63, 3.8) is 0 Å². The number of hydrogen-bond acceptors (Lipinski definition) is 1. The van der Waals surface area contributed by atoms with Crippen molar-refractivity contribution in [1.29, 1.82) is 0 Å². The van der Waals surface area contributed by atoms with Crippen molar-refractivity contribution in [2.75, 3.05) is 0 Å². The molecule has 0 amide bonds. The highest BCUT2D eigenvalue weighted by Crippen LogP contribution is 2.41. The number of para-hydroxylation sites is 4. The first-order valence-corrected chi connectivity index (χ1v) is 14.0. The Morgan fingerprint density at radius 3 is 1.66 bits per heavy atom. The van der Waals surface area contributed by atoms with Gasteiger partial charge in [-0.05, 0) is 71.8 Å². The van der Waals surface area contributed by atoms with Gasteiger partial charge >= 0.3 is 0 Å². The van der Waals surface area contributed by atoms with Gasteiger partial charge in [-0.1, -0.05) is 84.9 Å². The van der Waals surface area contributed by atoms with Gasteiger partial charge in [-0.3, -0.25) is 4.57 Å². The van der Waals surface area contributed by atoms with Gasteiger partial charge in [0.25, 0.3) is 0 Å². The summed E-state index contributed by atoms with van der Waals surface area (Å²) in [7, 11) is 0. The van der Waals surface area contributed by atoms with E-state index in [9.17, 15) is 0 Å². The molecule has 9 aromatic rings. The van der Waals surface area contributed by atoms with Gasteiger partial charge in [0.05, 0.1) is 21.9 Å². The fourth-order valence-corrected chi connectivity index (χ4v) is 6.51. The van der Waals surface area contributed by atoms with Gasteiger partial charge in [0, 0.05) is 32.9 Å². The molecule has 0 aliphatic rings. The third kappa shape index (κ3) is 3.20. The van der Waals surface area contributed by atoms with E-state index in [0.717, 1.165) is 33.3 Å². The molecule has 0 spiro atoms. The van der Waals surface area contributed by atoms with Crippen LogP contribution >= 0.6 is 0 Å². The average molecular weight is 525 g/mol. The van der Waals surface area contributed by atoms with Crippen molar-refractivity contribution in [1.82, 2.24) is 9.13 Å². The number of benzene rings is 6. The Morgan fingerprint density at radius 1 is 0.390 bits per heavy atom. The van der Waals surface area contributed by atoms with Crippen molar-refractivity contribution in [3.8, 4) is 22.5 Å². The quantitative estimate of drug-likeness (QED) is 0.225. The Hall–Kier alpha value is -5.54. The van der Waals surface area contributed by atoms with E-state index in [-0.39, 0.29) is 0 Å². The monoisotopic (exact) mass is 524 g/mol. The maximum atomic E-state index is 6.48. The molecular formula is C38H24N2O. The highest BCUT2D eigenvalue weighted by molar-refractivity contribution is 6.20. The normalized spacial score (nSPS) is 11.9. The Bertz CT molecular complexity index is 2410. The number of hydrogen-bond donors (Lipinski definition) is 0. The topological polar surface area (TPSA) is 23.0 Å². The lowest BCUT2D eigenvalue weighted by Crippen LogP contribution is -1.93. The highest BCUT2D eigenvalue weighted by Gasteiger charge is 2.20. The van der Waals surface area contributed by atoms with Crippen LogP contribution in [0.25, 0.3) is 77.3 Å². The summed E-state index contributed by atoms with van der Waals surface area (Å²) in [4.78, 5) is 0. The summed E-state index contributed by atoms with van der Waals surface area (Å²) >= 11 is 0. The number of nitrogens with zero attached hydrogens (tertiary/aromatic N) is 2. The van der Waals surface area contributed by atoms with Crippen molar-refractivity contribution < 1.29 is 4.42 Å². The van der Waals surface area contributed by atoms with Crippen molar-refractivity contribution in [2.45, 2.75) is 0 Å². The van der Waals surface area contributed by atoms with Gasteiger partial charge < -0.3 is 8.98 Å². The molecule has 3 nitrogen and oxygen atoms in total. The molecule has 0 aliphatic carbocycles. The van der Waals surface area contributed by atoms with Gasteiger partial charge in [-0.25, -0.2) is 0 Å². The SMILES string of the molecule is c1ccc(-n2c3ccccc3c3cc(-c4ccc5c(c4)c4c6ccccc6oc4n5-c4ccccc4)ccc32)cc1. The molecule has 0 bridgehead atoms. The second-order valence-electron chi connectivity index (χ2n) is 10.6. The van der Waals surface area contributed by atoms with E-state index >= 15 is 0 Å². The van der Waals surface area contributed by atoms with Gasteiger partial charge in [-0.2, -0.15) is 0 Å². The number of rotatable bonds is 3. The van der Waals surface area contributed by atoms with Crippen LogP contribution in [0.1, 0.15) is 0 Å². The second-order valence-corrected chi connectivity index (χ2v) is 10.6. The summed E-state index contributed by atoms with van der Waals surface area (Å²) in [5.41, 5.74) is 10.0. The summed E-state index contributed by atoms with van der Waals surface area (Å²) in [5, 5.41) is 6.00. The summed E-state index contributed by atoms with van der Waals surface area (Å²) < 4.78 is 11.1. The maximum Gasteiger partial charge on any atom is 0.213 e. The molecule has 6 aromatic carbocycles. The molecule has 3 heteroatoms. The van der Waals surface area contributed by atoms with Crippen LogP contribution in [0.15, 0.2) is 150 Å². The smallest absolute Gasteiger partial charge is 0.213 e. The zero-order valence-electron chi connectivity index (χ0n) is 22.2. The van der Waals surface area contributed by atoms with Gasteiger partial charge in [0.2, 0.25) is 5.71 Å². The molecule has 3 aromatic heterocycles. The first-order valence-electron chi connectivity index (χ1n) is 14.0. The van der Waals surface area contributed by atoms with E-state index in [2.05, 4.69) is 143 Å². The van der Waals surface area contributed by atoms with Crippen LogP contribution in [-0.2, 0) is 0 Å². The standard InChI is InChI=1S/C38H24N2O/c1-3-11-27(12-4-1)39-33-17-9-7-15-29(33)31-23-25(19-21-34(31)39)26-20-22-35-32(24-26)37-30-16-8-10-18-36(30)41-38(37)40(35)28-13-5-2-6-14-28/h1-24H. The molecule has 0 N–H and O–H groups in total. The minimum absolute atomic E-state index is 0.880. The Morgan fingerprint density at radius 2 is 0.927 bits per heavy atom. The minimum Gasteiger partial charge on any atom is -0.439 e. The average Bonchev–Trinajstić information content (AvgIpc) is 3.68. The van der Waals surface area contributed by atoms with Gasteiger partial charge in [0.1, 0.15) is 5.58 Å². The largest absolute Gasteiger partial charge is 0.439 e. The molecule has 9 rings (SSSR count). The fourth-order valence-electron chi connectivity index (χ4n) is 6.51. The van der Waals surface area contributed by atoms with E-state index < -0.39 is 0 Å². The highest BCUT2D eigenvalue weighted by atomic mass is 16.3. The predicted molar refractivity (Wildman–Crippen MR) is 170 cm³/mol. The summed E-state index contributed by atoms with van der Waals surface area (Å²) in [5.74, 6) is 0. The van der Waals surface area contributed by atoms with Crippen LogP contribution in [-0.4, -0.2) is 9.13 Å². The predicted octanol–water partition coefficient (Wildman–Crippen LogP) is 10.3. The molecule has 0 radical (unpaired) electrons. The Balaban J connectivity index is 1.31. The fraction of sp³-hybridized carbons (Fsp3) is 0. The first-order chi connectivity index (χ1) is 20.3. The molecule has 0 saturated heterocycles. The molecule has 0 atom stereocenters. The summed E-state index contributed by atoms with van der Waals surface area (Å²) in [6, 6.07) is 51.8. The van der Waals surface area contributed by atoms with Crippen LogP contribution < -0.4 is 0 Å². The summed E-state index contributed by atoms with van der Waals surface area (Å²) in [6.07, 6.45) is 0. The molecule has 0 unspecified atom stereocenters. The molecule has 3 heterocycles. The van der Waals surface area contributed by atoms with Crippen LogP contribution in [0.4, 0.5) is 0 Å². The van der Waals surface area contributed by atoms with Crippen molar-refractivity contribution in [2.24, 2.45) is 0 Å². The van der Waals surface area contributed by atoms with E-state index in [1.807, 2.05) is 12.1 Å². The minimum atomic E-state index is 0.880. The third-order valence-electron chi connectivity index (χ3n) is 8.32. The van der Waals surface area contributed by atoms with Crippen molar-refractivity contribution >= 4 is 54.8 Å². The molecule has 192 valence electrons. The second kappa shape index (κ2) is 8.48. The lowest BCUT2D eigenvalue weighted by atomic mass is 10.0. The Labute approximate surface area is 236 Å².